The summed E-state index contributed by atoms with van der Waals surface area (Å²) in [5.41, 5.74) is 1.14. The number of para-hydroxylation sites is 1. The van der Waals surface area contributed by atoms with Crippen LogP contribution in [0.2, 0.25) is 0 Å². The molecule has 1 aromatic carbocycles. The lowest BCUT2D eigenvalue weighted by molar-refractivity contribution is -0.118. The van der Waals surface area contributed by atoms with Crippen LogP contribution in [0.3, 0.4) is 0 Å². The van der Waals surface area contributed by atoms with Crippen LogP contribution in [0.15, 0.2) is 24.3 Å². The standard InChI is InChI=1S/C14H19N5O2/c1-10(2)11-6-4-5-7-12(11)21-9-8-13(20)19(3)14-15-17-18-16-14/h4-7,10H,8-9H2,1-3H3,(H,15,16,17,18). The molecule has 7 heteroatoms. The molecule has 0 spiro atoms. The summed E-state index contributed by atoms with van der Waals surface area (Å²) in [5.74, 6) is 1.32. The molecular formula is C14H19N5O2. The second-order valence-electron chi connectivity index (χ2n) is 4.96. The minimum Gasteiger partial charge on any atom is -0.493 e. The predicted octanol–water partition coefficient (Wildman–Crippen LogP) is 1.75. The number of benzene rings is 1. The quantitative estimate of drug-likeness (QED) is 0.876. The topological polar surface area (TPSA) is 84.0 Å². The summed E-state index contributed by atoms with van der Waals surface area (Å²) in [7, 11) is 1.61. The average molecular weight is 289 g/mol. The number of amides is 1. The van der Waals surface area contributed by atoms with E-state index in [0.717, 1.165) is 11.3 Å². The minimum atomic E-state index is -0.126. The van der Waals surface area contributed by atoms with Crippen molar-refractivity contribution in [1.29, 1.82) is 0 Å². The number of ether oxygens (including phenoxy) is 1. The summed E-state index contributed by atoms with van der Waals surface area (Å²) < 4.78 is 5.72. The van der Waals surface area contributed by atoms with Gasteiger partial charge >= 0.3 is 0 Å². The van der Waals surface area contributed by atoms with Crippen molar-refractivity contribution in [1.82, 2.24) is 20.6 Å². The van der Waals surface area contributed by atoms with E-state index in [-0.39, 0.29) is 18.3 Å². The Bertz CT molecular complexity index is 583. The van der Waals surface area contributed by atoms with Crippen molar-refractivity contribution in [2.45, 2.75) is 26.2 Å². The number of tetrazole rings is 1. The molecule has 1 amide bonds. The van der Waals surface area contributed by atoms with Crippen LogP contribution in [0, 0.1) is 0 Å². The Morgan fingerprint density at radius 3 is 2.81 bits per heavy atom. The molecular weight excluding hydrogens is 270 g/mol. The Labute approximate surface area is 123 Å². The zero-order valence-corrected chi connectivity index (χ0v) is 12.4. The molecule has 0 aliphatic carbocycles. The van der Waals surface area contributed by atoms with E-state index in [9.17, 15) is 4.79 Å². The third-order valence-electron chi connectivity index (χ3n) is 3.12. The van der Waals surface area contributed by atoms with Gasteiger partial charge in [-0.3, -0.25) is 9.69 Å². The normalized spacial score (nSPS) is 10.7. The van der Waals surface area contributed by atoms with Crippen molar-refractivity contribution < 1.29 is 9.53 Å². The van der Waals surface area contributed by atoms with Gasteiger partial charge < -0.3 is 4.74 Å². The third kappa shape index (κ3) is 3.77. The number of rotatable bonds is 6. The SMILES string of the molecule is CC(C)c1ccccc1OCCC(=O)N(C)c1nn[nH]n1. The lowest BCUT2D eigenvalue weighted by atomic mass is 10.0. The molecule has 0 fully saturated rings. The molecule has 2 rings (SSSR count). The lowest BCUT2D eigenvalue weighted by Gasteiger charge is -2.15. The van der Waals surface area contributed by atoms with Gasteiger partial charge in [-0.2, -0.15) is 5.21 Å². The molecule has 0 radical (unpaired) electrons. The molecule has 112 valence electrons. The monoisotopic (exact) mass is 289 g/mol. The Morgan fingerprint density at radius 1 is 1.38 bits per heavy atom. The van der Waals surface area contributed by atoms with Gasteiger partial charge in [-0.15, -0.1) is 5.10 Å². The van der Waals surface area contributed by atoms with Crippen LogP contribution < -0.4 is 9.64 Å². The molecule has 2 aromatic rings. The molecule has 7 nitrogen and oxygen atoms in total. The molecule has 1 N–H and O–H groups in total. The molecule has 21 heavy (non-hydrogen) atoms. The molecule has 0 atom stereocenters. The van der Waals surface area contributed by atoms with E-state index in [1.807, 2.05) is 24.3 Å². The zero-order chi connectivity index (χ0) is 15.2. The summed E-state index contributed by atoms with van der Waals surface area (Å²) >= 11 is 0. The number of carbonyl (C=O) groups is 1. The minimum absolute atomic E-state index is 0.126. The van der Waals surface area contributed by atoms with E-state index in [4.69, 9.17) is 4.74 Å². The van der Waals surface area contributed by atoms with Gasteiger partial charge in [0.15, 0.2) is 0 Å². The highest BCUT2D eigenvalue weighted by Crippen LogP contribution is 2.25. The van der Waals surface area contributed by atoms with Gasteiger partial charge in [0.25, 0.3) is 5.95 Å². The van der Waals surface area contributed by atoms with Crippen molar-refractivity contribution >= 4 is 11.9 Å². The first-order valence-electron chi connectivity index (χ1n) is 6.81. The number of anilines is 1. The van der Waals surface area contributed by atoms with Crippen molar-refractivity contribution in [2.24, 2.45) is 0 Å². The van der Waals surface area contributed by atoms with Gasteiger partial charge in [-0.25, -0.2) is 0 Å². The number of nitrogens with zero attached hydrogens (tertiary/aromatic N) is 4. The smallest absolute Gasteiger partial charge is 0.272 e. The van der Waals surface area contributed by atoms with Gasteiger partial charge in [0.1, 0.15) is 5.75 Å². The number of hydrogen-bond donors (Lipinski definition) is 1. The molecule has 0 bridgehead atoms. The number of carbonyl (C=O) groups excluding carboxylic acids is 1. The van der Waals surface area contributed by atoms with Gasteiger partial charge in [-0.05, 0) is 22.8 Å². The van der Waals surface area contributed by atoms with Crippen LogP contribution in [-0.4, -0.2) is 40.2 Å². The Hall–Kier alpha value is -2.44. The summed E-state index contributed by atoms with van der Waals surface area (Å²) in [6.45, 7) is 4.53. The summed E-state index contributed by atoms with van der Waals surface area (Å²) in [6, 6.07) is 7.86. The molecule has 0 aliphatic rings. The first-order valence-corrected chi connectivity index (χ1v) is 6.81. The Kier molecular flexibility index (Phi) is 4.86. The maximum atomic E-state index is 12.0. The van der Waals surface area contributed by atoms with Crippen molar-refractivity contribution in [3.63, 3.8) is 0 Å². The fourth-order valence-corrected chi connectivity index (χ4v) is 1.92. The predicted molar refractivity (Wildman–Crippen MR) is 78.2 cm³/mol. The molecule has 0 saturated carbocycles. The van der Waals surface area contributed by atoms with Gasteiger partial charge in [-0.1, -0.05) is 37.1 Å². The average Bonchev–Trinajstić information content (AvgIpc) is 3.00. The second-order valence-corrected chi connectivity index (χ2v) is 4.96. The van der Waals surface area contributed by atoms with E-state index < -0.39 is 0 Å². The Morgan fingerprint density at radius 2 is 2.14 bits per heavy atom. The lowest BCUT2D eigenvalue weighted by Crippen LogP contribution is -2.28. The highest BCUT2D eigenvalue weighted by molar-refractivity contribution is 5.90. The Balaban J connectivity index is 1.88. The van der Waals surface area contributed by atoms with Crippen LogP contribution in [0.25, 0.3) is 0 Å². The molecule has 1 aromatic heterocycles. The first kappa shape index (κ1) is 15.0. The van der Waals surface area contributed by atoms with E-state index in [1.54, 1.807) is 7.05 Å². The summed E-state index contributed by atoms with van der Waals surface area (Å²) in [4.78, 5) is 13.3. The highest BCUT2D eigenvalue weighted by atomic mass is 16.5. The van der Waals surface area contributed by atoms with E-state index >= 15 is 0 Å². The maximum absolute atomic E-state index is 12.0. The van der Waals surface area contributed by atoms with Crippen molar-refractivity contribution in [3.8, 4) is 5.75 Å². The fourth-order valence-electron chi connectivity index (χ4n) is 1.92. The van der Waals surface area contributed by atoms with Gasteiger partial charge in [0, 0.05) is 7.05 Å². The third-order valence-corrected chi connectivity index (χ3v) is 3.12. The van der Waals surface area contributed by atoms with E-state index in [0.29, 0.717) is 12.5 Å². The van der Waals surface area contributed by atoms with Crippen molar-refractivity contribution in [3.05, 3.63) is 29.8 Å². The van der Waals surface area contributed by atoms with Gasteiger partial charge in [0.2, 0.25) is 5.91 Å². The van der Waals surface area contributed by atoms with Crippen LogP contribution >= 0.6 is 0 Å². The van der Waals surface area contributed by atoms with Gasteiger partial charge in [0.05, 0.1) is 13.0 Å². The number of aromatic amines is 1. The van der Waals surface area contributed by atoms with Crippen molar-refractivity contribution in [2.75, 3.05) is 18.6 Å². The second kappa shape index (κ2) is 6.83. The molecule has 1 heterocycles. The van der Waals surface area contributed by atoms with E-state index in [1.165, 1.54) is 4.90 Å². The van der Waals surface area contributed by atoms with E-state index in [2.05, 4.69) is 34.5 Å². The largest absolute Gasteiger partial charge is 0.493 e. The number of aromatic nitrogens is 4. The van der Waals surface area contributed by atoms with Crippen LogP contribution in [0.4, 0.5) is 5.95 Å². The van der Waals surface area contributed by atoms with Crippen LogP contribution in [0.1, 0.15) is 31.7 Å². The van der Waals surface area contributed by atoms with Crippen LogP contribution in [-0.2, 0) is 4.79 Å². The van der Waals surface area contributed by atoms with Crippen LogP contribution in [0.5, 0.6) is 5.75 Å². The first-order chi connectivity index (χ1) is 10.1. The number of hydrogen-bond acceptors (Lipinski definition) is 5. The number of H-pyrrole nitrogens is 1. The maximum Gasteiger partial charge on any atom is 0.272 e. The summed E-state index contributed by atoms with van der Waals surface area (Å²) in [5, 5.41) is 13.3. The summed E-state index contributed by atoms with van der Waals surface area (Å²) in [6.07, 6.45) is 0.247. The zero-order valence-electron chi connectivity index (χ0n) is 12.4. The molecule has 0 aliphatic heterocycles. The number of nitrogens with one attached hydrogen (secondary N) is 1. The highest BCUT2D eigenvalue weighted by Gasteiger charge is 2.15. The molecule has 0 saturated heterocycles. The fraction of sp³-hybridized carbons (Fsp3) is 0.429. The molecule has 0 unspecified atom stereocenters.